The van der Waals surface area contributed by atoms with Crippen molar-refractivity contribution in [2.24, 2.45) is 0 Å². The largest absolute Gasteiger partial charge is 0.480 e. The lowest BCUT2D eigenvalue weighted by Crippen LogP contribution is -2.40. The van der Waals surface area contributed by atoms with Gasteiger partial charge in [0.25, 0.3) is 5.91 Å². The minimum absolute atomic E-state index is 0.0166. The smallest absolute Gasteiger partial charge is 0.326 e. The minimum atomic E-state index is -1.14. The lowest BCUT2D eigenvalue weighted by molar-refractivity contribution is -0.141. The summed E-state index contributed by atoms with van der Waals surface area (Å²) in [6.07, 6.45) is 0.444. The number of halogens is 1. The molecule has 1 aromatic rings. The number of carbonyl (C=O) groups excluding carboxylic acids is 1. The van der Waals surface area contributed by atoms with Gasteiger partial charge in [-0.1, -0.05) is 0 Å². The van der Waals surface area contributed by atoms with Crippen molar-refractivity contribution in [3.05, 3.63) is 23.1 Å². The molecule has 6 nitrogen and oxygen atoms in total. The molecule has 1 aromatic heterocycles. The molecule has 2 N–H and O–H groups in total. The number of carboxylic acid groups (broad SMARTS) is 1. The van der Waals surface area contributed by atoms with Crippen LogP contribution in [0.25, 0.3) is 0 Å². The fourth-order valence-corrected chi connectivity index (χ4v) is 2.07. The van der Waals surface area contributed by atoms with Gasteiger partial charge in [-0.15, -0.1) is 0 Å². The van der Waals surface area contributed by atoms with Gasteiger partial charge in [-0.05, 0) is 17.7 Å². The van der Waals surface area contributed by atoms with E-state index in [9.17, 15) is 14.7 Å². The van der Waals surface area contributed by atoms with Crippen LogP contribution in [0.15, 0.2) is 16.7 Å². The first kappa shape index (κ1) is 11.9. The number of carboxylic acids is 1. The van der Waals surface area contributed by atoms with Crippen molar-refractivity contribution >= 4 is 23.5 Å². The highest BCUT2D eigenvalue weighted by molar-refractivity contribution is 6.32. The molecule has 92 valence electrons. The predicted octanol–water partition coefficient (Wildman–Crippen LogP) is 0.593. The first-order valence-electron chi connectivity index (χ1n) is 4.95. The summed E-state index contributed by atoms with van der Waals surface area (Å²) in [7, 11) is 0. The number of aliphatic hydroxyl groups is 1. The molecule has 1 saturated heterocycles. The fraction of sp³-hybridized carbons (Fsp3) is 0.400. The Morgan fingerprint density at radius 2 is 2.24 bits per heavy atom. The Bertz CT molecular complexity index is 457. The predicted molar refractivity (Wildman–Crippen MR) is 56.8 cm³/mol. The van der Waals surface area contributed by atoms with Crippen molar-refractivity contribution in [2.75, 3.05) is 6.54 Å². The topological polar surface area (TPSA) is 91.0 Å². The van der Waals surface area contributed by atoms with Crippen molar-refractivity contribution in [2.45, 2.75) is 18.6 Å². The molecule has 2 rings (SSSR count). The van der Waals surface area contributed by atoms with E-state index in [4.69, 9.17) is 21.1 Å². The first-order chi connectivity index (χ1) is 8.00. The first-order valence-corrected chi connectivity index (χ1v) is 5.33. The van der Waals surface area contributed by atoms with Crippen LogP contribution in [-0.2, 0) is 4.79 Å². The third-order valence-corrected chi connectivity index (χ3v) is 2.97. The third kappa shape index (κ3) is 2.13. The van der Waals surface area contributed by atoms with Gasteiger partial charge < -0.3 is 19.5 Å². The second-order valence-electron chi connectivity index (χ2n) is 3.81. The lowest BCUT2D eigenvalue weighted by Gasteiger charge is -2.20. The number of β-amino-alcohol motifs (C(OH)–C–C–N with tert-alkyl or cyclic N) is 1. The molecule has 1 aliphatic rings. The number of hydrogen-bond donors (Lipinski definition) is 2. The molecule has 1 fully saturated rings. The summed E-state index contributed by atoms with van der Waals surface area (Å²) in [5.41, 5.74) is 0.104. The maximum absolute atomic E-state index is 12.0. The number of amides is 1. The summed E-state index contributed by atoms with van der Waals surface area (Å²) < 4.78 is 4.78. The Morgan fingerprint density at radius 3 is 2.76 bits per heavy atom. The summed E-state index contributed by atoms with van der Waals surface area (Å²) >= 11 is 5.65. The van der Waals surface area contributed by atoms with E-state index < -0.39 is 24.0 Å². The van der Waals surface area contributed by atoms with Crippen LogP contribution in [0.4, 0.5) is 0 Å². The number of hydrogen-bond acceptors (Lipinski definition) is 4. The Labute approximate surface area is 101 Å². The van der Waals surface area contributed by atoms with E-state index in [2.05, 4.69) is 0 Å². The number of carbonyl (C=O) groups is 2. The molecule has 0 aliphatic carbocycles. The zero-order valence-electron chi connectivity index (χ0n) is 8.67. The number of furan rings is 1. The van der Waals surface area contributed by atoms with Crippen molar-refractivity contribution in [1.29, 1.82) is 0 Å². The summed E-state index contributed by atoms with van der Waals surface area (Å²) in [6, 6.07) is 0.345. The Hall–Kier alpha value is -1.53. The number of likely N-dealkylation sites (tertiary alicyclic amines) is 1. The molecule has 0 unspecified atom stereocenters. The van der Waals surface area contributed by atoms with Crippen LogP contribution >= 0.6 is 11.6 Å². The Morgan fingerprint density at radius 1 is 1.53 bits per heavy atom. The molecule has 0 radical (unpaired) electrons. The lowest BCUT2D eigenvalue weighted by atomic mass is 10.2. The van der Waals surface area contributed by atoms with Crippen LogP contribution in [0.5, 0.6) is 0 Å². The van der Waals surface area contributed by atoms with E-state index in [1.54, 1.807) is 0 Å². The van der Waals surface area contributed by atoms with Gasteiger partial charge in [0, 0.05) is 13.0 Å². The van der Waals surface area contributed by atoms with E-state index in [-0.39, 0.29) is 23.7 Å². The van der Waals surface area contributed by atoms with Crippen LogP contribution in [-0.4, -0.2) is 45.7 Å². The van der Waals surface area contributed by atoms with Gasteiger partial charge in [0.2, 0.25) is 5.22 Å². The van der Waals surface area contributed by atoms with Crippen molar-refractivity contribution in [3.8, 4) is 0 Å². The molecule has 0 saturated carbocycles. The van der Waals surface area contributed by atoms with Gasteiger partial charge in [-0.2, -0.15) is 0 Å². The highest BCUT2D eigenvalue weighted by Crippen LogP contribution is 2.24. The fourth-order valence-electron chi connectivity index (χ4n) is 1.87. The van der Waals surface area contributed by atoms with E-state index in [1.165, 1.54) is 12.3 Å². The molecule has 17 heavy (non-hydrogen) atoms. The average molecular weight is 260 g/mol. The minimum Gasteiger partial charge on any atom is -0.480 e. The monoisotopic (exact) mass is 259 g/mol. The normalized spacial score (nSPS) is 24.0. The van der Waals surface area contributed by atoms with Crippen molar-refractivity contribution < 1.29 is 24.2 Å². The molecule has 1 aliphatic heterocycles. The molecule has 0 bridgehead atoms. The van der Waals surface area contributed by atoms with Crippen LogP contribution in [0.3, 0.4) is 0 Å². The zero-order chi connectivity index (χ0) is 12.6. The Kier molecular flexibility index (Phi) is 3.08. The van der Waals surface area contributed by atoms with E-state index >= 15 is 0 Å². The number of nitrogens with zero attached hydrogens (tertiary/aromatic N) is 1. The van der Waals surface area contributed by atoms with Gasteiger partial charge in [0.05, 0.1) is 17.9 Å². The van der Waals surface area contributed by atoms with E-state index in [0.717, 1.165) is 4.90 Å². The average Bonchev–Trinajstić information content (AvgIpc) is 2.83. The van der Waals surface area contributed by atoms with Crippen molar-refractivity contribution in [1.82, 2.24) is 4.90 Å². The van der Waals surface area contributed by atoms with Gasteiger partial charge in [-0.25, -0.2) is 4.79 Å². The highest BCUT2D eigenvalue weighted by atomic mass is 35.5. The van der Waals surface area contributed by atoms with Gasteiger partial charge in [0.15, 0.2) is 0 Å². The van der Waals surface area contributed by atoms with Crippen LogP contribution < -0.4 is 0 Å². The number of aliphatic hydroxyl groups excluding tert-OH is 1. The maximum atomic E-state index is 12.0. The van der Waals surface area contributed by atoms with Crippen molar-refractivity contribution in [3.63, 3.8) is 0 Å². The van der Waals surface area contributed by atoms with Gasteiger partial charge in [-0.3, -0.25) is 4.79 Å². The second-order valence-corrected chi connectivity index (χ2v) is 4.15. The maximum Gasteiger partial charge on any atom is 0.326 e. The van der Waals surface area contributed by atoms with Gasteiger partial charge in [0.1, 0.15) is 6.04 Å². The van der Waals surface area contributed by atoms with Crippen LogP contribution in [0.1, 0.15) is 16.8 Å². The highest BCUT2D eigenvalue weighted by Gasteiger charge is 2.40. The standard InChI is InChI=1S/C10H10ClNO5/c11-8-6(1-2-17-8)9(14)12-4-5(13)3-7(12)10(15)16/h1-2,5,7,13H,3-4H2,(H,15,16)/t5-,7-/m0/s1. The summed E-state index contributed by atoms with van der Waals surface area (Å²) in [4.78, 5) is 24.0. The molecule has 2 atom stereocenters. The van der Waals surface area contributed by atoms with Crippen LogP contribution in [0.2, 0.25) is 5.22 Å². The summed E-state index contributed by atoms with van der Waals surface area (Å²) in [5.74, 6) is -1.69. The van der Waals surface area contributed by atoms with Gasteiger partial charge >= 0.3 is 5.97 Å². The number of aliphatic carboxylic acids is 1. The summed E-state index contributed by atoms with van der Waals surface area (Å²) in [5, 5.41) is 18.3. The SMILES string of the molecule is O=C(O)[C@@H]1C[C@H](O)CN1C(=O)c1ccoc1Cl. The molecule has 0 aromatic carbocycles. The van der Waals surface area contributed by atoms with E-state index in [1.807, 2.05) is 0 Å². The quantitative estimate of drug-likeness (QED) is 0.811. The van der Waals surface area contributed by atoms with Crippen LogP contribution in [0, 0.1) is 0 Å². The molecule has 0 spiro atoms. The molecule has 2 heterocycles. The second kappa shape index (κ2) is 4.38. The van der Waals surface area contributed by atoms with E-state index in [0.29, 0.717) is 0 Å². The zero-order valence-corrected chi connectivity index (χ0v) is 9.42. The molecule has 7 heteroatoms. The molecule has 1 amide bonds. The summed E-state index contributed by atoms with van der Waals surface area (Å²) in [6.45, 7) is -0.0166. The molecular weight excluding hydrogens is 250 g/mol. The number of rotatable bonds is 2. The third-order valence-electron chi connectivity index (χ3n) is 2.67. The molecular formula is C10H10ClNO5. The Balaban J connectivity index is 2.25.